The number of nitrogens with zero attached hydrogens (tertiary/aromatic N) is 2. The van der Waals surface area contributed by atoms with Gasteiger partial charge < -0.3 is 0 Å². The lowest BCUT2D eigenvalue weighted by atomic mass is 9.77. The van der Waals surface area contributed by atoms with Gasteiger partial charge in [0.2, 0.25) is 11.9 Å². The highest BCUT2D eigenvalue weighted by Gasteiger charge is 2.32. The van der Waals surface area contributed by atoms with Crippen molar-refractivity contribution < 1.29 is 4.79 Å². The first kappa shape index (κ1) is 10.0. The number of carbonyl (C=O) groups excluding carboxylic acids is 1. The van der Waals surface area contributed by atoms with Crippen molar-refractivity contribution in [3.8, 4) is 0 Å². The Balaban J connectivity index is 1.73. The van der Waals surface area contributed by atoms with Gasteiger partial charge in [0.05, 0.1) is 5.92 Å². The molecule has 2 N–H and O–H groups in total. The number of aryl methyl sites for hydroxylation is 1. The molecule has 0 bridgehead atoms. The monoisotopic (exact) mass is 228 g/mol. The molecular weight excluding hydrogens is 216 g/mol. The number of aromatic amines is 1. The van der Waals surface area contributed by atoms with Crippen molar-refractivity contribution in [2.24, 2.45) is 0 Å². The maximum atomic E-state index is 12.0. The van der Waals surface area contributed by atoms with E-state index in [1.165, 1.54) is 5.56 Å². The molecular formula is C12H12N4O. The van der Waals surface area contributed by atoms with Gasteiger partial charge in [-0.1, -0.05) is 24.3 Å². The lowest BCUT2D eigenvalue weighted by Gasteiger charge is -2.28. The average molecular weight is 228 g/mol. The molecule has 1 aromatic carbocycles. The summed E-state index contributed by atoms with van der Waals surface area (Å²) < 4.78 is 0. The molecule has 0 aliphatic heterocycles. The van der Waals surface area contributed by atoms with Crippen LogP contribution in [0.4, 0.5) is 5.95 Å². The Bertz CT molecular complexity index is 575. The van der Waals surface area contributed by atoms with Crippen LogP contribution in [-0.2, 0) is 11.2 Å². The molecule has 17 heavy (non-hydrogen) atoms. The van der Waals surface area contributed by atoms with E-state index in [0.29, 0.717) is 11.8 Å². The summed E-state index contributed by atoms with van der Waals surface area (Å²) in [5.74, 6) is 0.930. The third kappa shape index (κ3) is 1.69. The van der Waals surface area contributed by atoms with Gasteiger partial charge in [-0.2, -0.15) is 4.98 Å². The number of anilines is 1. The third-order valence-corrected chi connectivity index (χ3v) is 3.00. The van der Waals surface area contributed by atoms with E-state index in [1.807, 2.05) is 18.2 Å². The van der Waals surface area contributed by atoms with Crippen molar-refractivity contribution >= 4 is 11.9 Å². The van der Waals surface area contributed by atoms with Crippen LogP contribution in [0.5, 0.6) is 0 Å². The van der Waals surface area contributed by atoms with Crippen molar-refractivity contribution in [1.29, 1.82) is 0 Å². The number of aromatic nitrogens is 3. The Hall–Kier alpha value is -2.17. The summed E-state index contributed by atoms with van der Waals surface area (Å²) in [6.45, 7) is 1.79. The maximum absolute atomic E-state index is 12.0. The Labute approximate surface area is 98.3 Å². The van der Waals surface area contributed by atoms with Crippen LogP contribution < -0.4 is 5.32 Å². The van der Waals surface area contributed by atoms with E-state index in [9.17, 15) is 4.79 Å². The number of amides is 1. The number of benzene rings is 1. The zero-order valence-corrected chi connectivity index (χ0v) is 9.40. The minimum absolute atomic E-state index is 0.0392. The van der Waals surface area contributed by atoms with E-state index in [0.717, 1.165) is 12.0 Å². The highest BCUT2D eigenvalue weighted by molar-refractivity contribution is 5.96. The zero-order valence-electron chi connectivity index (χ0n) is 9.40. The van der Waals surface area contributed by atoms with E-state index in [-0.39, 0.29) is 11.8 Å². The lowest BCUT2D eigenvalue weighted by molar-refractivity contribution is -0.118. The van der Waals surface area contributed by atoms with Crippen molar-refractivity contribution in [1.82, 2.24) is 15.2 Å². The second kappa shape index (κ2) is 3.69. The van der Waals surface area contributed by atoms with Gasteiger partial charge in [-0.25, -0.2) is 0 Å². The van der Waals surface area contributed by atoms with E-state index in [1.54, 1.807) is 6.92 Å². The highest BCUT2D eigenvalue weighted by atomic mass is 16.2. The molecule has 86 valence electrons. The van der Waals surface area contributed by atoms with Crippen molar-refractivity contribution in [2.45, 2.75) is 19.3 Å². The number of hydrogen-bond donors (Lipinski definition) is 2. The van der Waals surface area contributed by atoms with E-state index in [4.69, 9.17) is 0 Å². The van der Waals surface area contributed by atoms with Crippen LogP contribution in [0.15, 0.2) is 24.3 Å². The number of nitrogens with one attached hydrogen (secondary N) is 2. The minimum Gasteiger partial charge on any atom is -0.293 e. The van der Waals surface area contributed by atoms with Gasteiger partial charge in [0.15, 0.2) is 0 Å². The highest BCUT2D eigenvalue weighted by Crippen LogP contribution is 2.35. The fourth-order valence-corrected chi connectivity index (χ4v) is 2.09. The molecule has 1 heterocycles. The van der Waals surface area contributed by atoms with Gasteiger partial charge in [-0.15, -0.1) is 5.10 Å². The topological polar surface area (TPSA) is 70.7 Å². The second-order valence-corrected chi connectivity index (χ2v) is 4.19. The molecule has 1 aromatic heterocycles. The molecule has 3 rings (SSSR count). The number of rotatable bonds is 2. The van der Waals surface area contributed by atoms with Crippen molar-refractivity contribution in [3.05, 3.63) is 41.2 Å². The molecule has 2 aromatic rings. The zero-order chi connectivity index (χ0) is 11.8. The lowest BCUT2D eigenvalue weighted by Crippen LogP contribution is -2.30. The predicted octanol–water partition coefficient (Wildman–Crippen LogP) is 1.39. The molecule has 0 spiro atoms. The van der Waals surface area contributed by atoms with Crippen LogP contribution in [0.3, 0.4) is 0 Å². The van der Waals surface area contributed by atoms with E-state index in [2.05, 4.69) is 26.6 Å². The third-order valence-electron chi connectivity index (χ3n) is 3.00. The Morgan fingerprint density at radius 1 is 1.47 bits per heavy atom. The van der Waals surface area contributed by atoms with Gasteiger partial charge >= 0.3 is 0 Å². The molecule has 5 nitrogen and oxygen atoms in total. The van der Waals surface area contributed by atoms with E-state index < -0.39 is 0 Å². The van der Waals surface area contributed by atoms with Crippen LogP contribution >= 0.6 is 0 Å². The molecule has 1 aliphatic rings. The first-order valence-electron chi connectivity index (χ1n) is 5.52. The quantitative estimate of drug-likeness (QED) is 0.816. The van der Waals surface area contributed by atoms with Gasteiger partial charge in [-0.3, -0.25) is 15.2 Å². The number of H-pyrrole nitrogens is 1. The first-order chi connectivity index (χ1) is 8.24. The summed E-state index contributed by atoms with van der Waals surface area (Å²) >= 11 is 0. The van der Waals surface area contributed by atoms with Crippen LogP contribution in [0.1, 0.15) is 22.9 Å². The number of fused-ring (bicyclic) bond motifs is 1. The normalized spacial score (nSPS) is 17.1. The van der Waals surface area contributed by atoms with Crippen molar-refractivity contribution in [2.75, 3.05) is 5.32 Å². The fourth-order valence-electron chi connectivity index (χ4n) is 2.09. The predicted molar refractivity (Wildman–Crippen MR) is 62.6 cm³/mol. The largest absolute Gasteiger partial charge is 0.293 e. The summed E-state index contributed by atoms with van der Waals surface area (Å²) in [5.41, 5.74) is 2.36. The summed E-state index contributed by atoms with van der Waals surface area (Å²) in [4.78, 5) is 16.0. The summed E-state index contributed by atoms with van der Waals surface area (Å²) in [7, 11) is 0. The van der Waals surface area contributed by atoms with Gasteiger partial charge in [0.25, 0.3) is 0 Å². The molecule has 0 radical (unpaired) electrons. The van der Waals surface area contributed by atoms with Gasteiger partial charge in [0, 0.05) is 0 Å². The number of hydrogen-bond acceptors (Lipinski definition) is 3. The van der Waals surface area contributed by atoms with Gasteiger partial charge in [-0.05, 0) is 24.5 Å². The Kier molecular flexibility index (Phi) is 2.18. The molecule has 1 atom stereocenters. The average Bonchev–Trinajstić information content (AvgIpc) is 2.66. The minimum atomic E-state index is -0.0648. The molecule has 1 amide bonds. The van der Waals surface area contributed by atoms with Crippen LogP contribution in [0.2, 0.25) is 0 Å². The fraction of sp³-hybridized carbons (Fsp3) is 0.250. The summed E-state index contributed by atoms with van der Waals surface area (Å²) in [6.07, 6.45) is 0.797. The molecule has 1 unspecified atom stereocenters. The van der Waals surface area contributed by atoms with Crippen LogP contribution in [0.25, 0.3) is 0 Å². The Morgan fingerprint density at radius 2 is 2.29 bits per heavy atom. The molecule has 5 heteroatoms. The smallest absolute Gasteiger partial charge is 0.248 e. The SMILES string of the molecule is Cc1nc(NC(=O)C2Cc3ccccc32)n[nH]1. The summed E-state index contributed by atoms with van der Waals surface area (Å²) in [6, 6.07) is 7.99. The maximum Gasteiger partial charge on any atom is 0.248 e. The second-order valence-electron chi connectivity index (χ2n) is 4.19. The van der Waals surface area contributed by atoms with Gasteiger partial charge in [0.1, 0.15) is 5.82 Å². The first-order valence-corrected chi connectivity index (χ1v) is 5.52. The van der Waals surface area contributed by atoms with E-state index >= 15 is 0 Å². The molecule has 0 fully saturated rings. The summed E-state index contributed by atoms with van der Waals surface area (Å²) in [5, 5.41) is 9.29. The Morgan fingerprint density at radius 3 is 3.00 bits per heavy atom. The van der Waals surface area contributed by atoms with Crippen LogP contribution in [-0.4, -0.2) is 21.1 Å². The molecule has 1 aliphatic carbocycles. The van der Waals surface area contributed by atoms with Crippen molar-refractivity contribution in [3.63, 3.8) is 0 Å². The molecule has 0 saturated carbocycles. The van der Waals surface area contributed by atoms with Crippen LogP contribution in [0, 0.1) is 6.92 Å². The number of carbonyl (C=O) groups is 1. The standard InChI is InChI=1S/C12H12N4O/c1-7-13-12(16-15-7)14-11(17)10-6-8-4-2-3-5-9(8)10/h2-5,10H,6H2,1H3,(H2,13,14,15,16,17). The molecule has 0 saturated heterocycles.